The predicted octanol–water partition coefficient (Wildman–Crippen LogP) is 3.23. The Morgan fingerprint density at radius 3 is 2.53 bits per heavy atom. The molecule has 32 heavy (non-hydrogen) atoms. The summed E-state index contributed by atoms with van der Waals surface area (Å²) in [5.41, 5.74) is 8.55. The largest absolute Gasteiger partial charge is 0.497 e. The summed E-state index contributed by atoms with van der Waals surface area (Å²) in [6.45, 7) is 0.984. The number of hydrogen-bond donors (Lipinski definition) is 2. The van der Waals surface area contributed by atoms with Gasteiger partial charge >= 0.3 is 0 Å². The third kappa shape index (κ3) is 4.85. The van der Waals surface area contributed by atoms with E-state index >= 15 is 0 Å². The summed E-state index contributed by atoms with van der Waals surface area (Å²) in [7, 11) is 1.63. The normalized spacial score (nSPS) is 15.8. The lowest BCUT2D eigenvalue weighted by atomic mass is 9.97. The molecule has 0 radical (unpaired) electrons. The van der Waals surface area contributed by atoms with Crippen LogP contribution in [-0.2, 0) is 4.79 Å². The maximum Gasteiger partial charge on any atom is 0.253 e. The molecule has 0 aliphatic carbocycles. The van der Waals surface area contributed by atoms with Crippen molar-refractivity contribution in [1.29, 1.82) is 0 Å². The van der Waals surface area contributed by atoms with Crippen molar-refractivity contribution in [2.45, 2.75) is 12.8 Å². The smallest absolute Gasteiger partial charge is 0.253 e. The number of hydrogen-bond acceptors (Lipinski definition) is 6. The molecular formula is C24H25N5O3. The van der Waals surface area contributed by atoms with Crippen molar-refractivity contribution in [2.75, 3.05) is 25.5 Å². The number of methoxy groups -OCH3 is 1. The van der Waals surface area contributed by atoms with Crippen LogP contribution < -0.4 is 15.8 Å². The maximum absolute atomic E-state index is 12.9. The number of amides is 2. The lowest BCUT2D eigenvalue weighted by Crippen LogP contribution is -2.44. The van der Waals surface area contributed by atoms with Gasteiger partial charge in [-0.1, -0.05) is 18.2 Å². The lowest BCUT2D eigenvalue weighted by molar-refractivity contribution is -0.123. The van der Waals surface area contributed by atoms with Gasteiger partial charge < -0.3 is 20.7 Å². The SMILES string of the molecule is COc1ccc(-c2cnc(Nc3cccc(C(=O)N4CCCC(C(N)=O)C4)c3)nc2)cc1. The number of nitrogens with zero attached hydrogens (tertiary/aromatic N) is 3. The Morgan fingerprint density at radius 2 is 1.84 bits per heavy atom. The molecule has 2 amide bonds. The van der Waals surface area contributed by atoms with Gasteiger partial charge in [0.25, 0.3) is 5.91 Å². The third-order valence-corrected chi connectivity index (χ3v) is 5.55. The van der Waals surface area contributed by atoms with Crippen molar-refractivity contribution in [1.82, 2.24) is 14.9 Å². The van der Waals surface area contributed by atoms with E-state index in [1.807, 2.05) is 30.3 Å². The van der Waals surface area contributed by atoms with Gasteiger partial charge in [0.15, 0.2) is 0 Å². The van der Waals surface area contributed by atoms with E-state index in [0.29, 0.717) is 30.3 Å². The van der Waals surface area contributed by atoms with E-state index < -0.39 is 0 Å². The molecule has 1 unspecified atom stereocenters. The van der Waals surface area contributed by atoms with Crippen LogP contribution in [0.4, 0.5) is 11.6 Å². The van der Waals surface area contributed by atoms with Crippen molar-refractivity contribution >= 4 is 23.5 Å². The molecule has 0 spiro atoms. The van der Waals surface area contributed by atoms with Gasteiger partial charge in [0.2, 0.25) is 11.9 Å². The van der Waals surface area contributed by atoms with Gasteiger partial charge in [-0.3, -0.25) is 9.59 Å². The molecule has 1 aromatic heterocycles. The number of ether oxygens (including phenoxy) is 1. The minimum absolute atomic E-state index is 0.115. The highest BCUT2D eigenvalue weighted by Crippen LogP contribution is 2.23. The van der Waals surface area contributed by atoms with Crippen LogP contribution in [0, 0.1) is 5.92 Å². The standard InChI is InChI=1S/C24H25N5O3/c1-32-21-9-7-16(8-10-21)19-13-26-24(27-14-19)28-20-6-2-4-17(12-20)23(31)29-11-3-5-18(15-29)22(25)30/h2,4,6-10,12-14,18H,3,5,11,15H2,1H3,(H2,25,30)(H,26,27,28). The summed E-state index contributed by atoms with van der Waals surface area (Å²) >= 11 is 0. The average Bonchev–Trinajstić information content (AvgIpc) is 2.84. The molecule has 3 N–H and O–H groups in total. The second-order valence-corrected chi connectivity index (χ2v) is 7.72. The minimum Gasteiger partial charge on any atom is -0.497 e. The number of rotatable bonds is 6. The molecular weight excluding hydrogens is 406 g/mol. The van der Waals surface area contributed by atoms with E-state index in [1.165, 1.54) is 0 Å². The van der Waals surface area contributed by atoms with Gasteiger partial charge in [-0.25, -0.2) is 9.97 Å². The Hall–Kier alpha value is -3.94. The zero-order valence-electron chi connectivity index (χ0n) is 17.8. The van der Waals surface area contributed by atoms with Crippen molar-refractivity contribution in [3.8, 4) is 16.9 Å². The van der Waals surface area contributed by atoms with Crippen LogP contribution in [0.3, 0.4) is 0 Å². The first-order valence-corrected chi connectivity index (χ1v) is 10.5. The Labute approximate surface area is 186 Å². The van der Waals surface area contributed by atoms with Gasteiger partial charge in [-0.05, 0) is 48.7 Å². The summed E-state index contributed by atoms with van der Waals surface area (Å²) in [6, 6.07) is 14.8. The second-order valence-electron chi connectivity index (χ2n) is 7.72. The quantitative estimate of drug-likeness (QED) is 0.620. The molecule has 0 saturated carbocycles. The summed E-state index contributed by atoms with van der Waals surface area (Å²) in [6.07, 6.45) is 4.98. The maximum atomic E-state index is 12.9. The second kappa shape index (κ2) is 9.47. The summed E-state index contributed by atoms with van der Waals surface area (Å²) < 4.78 is 5.18. The molecule has 1 atom stereocenters. The summed E-state index contributed by atoms with van der Waals surface area (Å²) in [4.78, 5) is 34.9. The number of nitrogens with two attached hydrogens (primary N) is 1. The average molecular weight is 431 g/mol. The van der Waals surface area contributed by atoms with E-state index in [2.05, 4.69) is 15.3 Å². The zero-order chi connectivity index (χ0) is 22.5. The molecule has 3 aromatic rings. The number of nitrogens with one attached hydrogen (secondary N) is 1. The minimum atomic E-state index is -0.354. The third-order valence-electron chi connectivity index (χ3n) is 5.55. The zero-order valence-corrected chi connectivity index (χ0v) is 17.8. The summed E-state index contributed by atoms with van der Waals surface area (Å²) in [5, 5.41) is 3.14. The van der Waals surface area contributed by atoms with E-state index in [-0.39, 0.29) is 17.7 Å². The molecule has 4 rings (SSSR count). The summed E-state index contributed by atoms with van der Waals surface area (Å²) in [5.74, 6) is 0.464. The fraction of sp³-hybridized carbons (Fsp3) is 0.250. The van der Waals surface area contributed by atoms with Gasteiger partial charge in [-0.15, -0.1) is 0 Å². The lowest BCUT2D eigenvalue weighted by Gasteiger charge is -2.31. The highest BCUT2D eigenvalue weighted by Gasteiger charge is 2.27. The number of primary amides is 1. The topological polar surface area (TPSA) is 110 Å². The van der Waals surface area contributed by atoms with Gasteiger partial charge in [0, 0.05) is 42.3 Å². The Morgan fingerprint density at radius 1 is 1.09 bits per heavy atom. The van der Waals surface area contributed by atoms with E-state index in [4.69, 9.17) is 10.5 Å². The van der Waals surface area contributed by atoms with E-state index in [1.54, 1.807) is 42.6 Å². The van der Waals surface area contributed by atoms with Crippen LogP contribution in [0.15, 0.2) is 60.9 Å². The van der Waals surface area contributed by atoms with Gasteiger partial charge in [-0.2, -0.15) is 0 Å². The number of anilines is 2. The monoisotopic (exact) mass is 431 g/mol. The van der Waals surface area contributed by atoms with Crippen molar-refractivity contribution in [3.63, 3.8) is 0 Å². The first kappa shape index (κ1) is 21.3. The Kier molecular flexibility index (Phi) is 6.30. The molecule has 164 valence electrons. The van der Waals surface area contributed by atoms with Crippen molar-refractivity contribution in [2.24, 2.45) is 11.7 Å². The Balaban J connectivity index is 1.44. The molecule has 0 bridgehead atoms. The van der Waals surface area contributed by atoms with Crippen molar-refractivity contribution in [3.05, 3.63) is 66.5 Å². The highest BCUT2D eigenvalue weighted by molar-refractivity contribution is 5.95. The predicted molar refractivity (Wildman–Crippen MR) is 122 cm³/mol. The molecule has 8 nitrogen and oxygen atoms in total. The van der Waals surface area contributed by atoms with Crippen molar-refractivity contribution < 1.29 is 14.3 Å². The molecule has 1 fully saturated rings. The highest BCUT2D eigenvalue weighted by atomic mass is 16.5. The number of benzene rings is 2. The number of carbonyl (C=O) groups is 2. The van der Waals surface area contributed by atoms with Crippen LogP contribution in [0.25, 0.3) is 11.1 Å². The molecule has 1 saturated heterocycles. The number of aromatic nitrogens is 2. The molecule has 8 heteroatoms. The molecule has 2 heterocycles. The first-order valence-electron chi connectivity index (χ1n) is 10.5. The Bertz CT molecular complexity index is 1100. The fourth-order valence-electron chi connectivity index (χ4n) is 3.76. The molecule has 1 aliphatic rings. The number of carbonyl (C=O) groups excluding carboxylic acids is 2. The van der Waals surface area contributed by atoms with Crippen LogP contribution in [0.5, 0.6) is 5.75 Å². The van der Waals surface area contributed by atoms with Crippen LogP contribution in [0.1, 0.15) is 23.2 Å². The van der Waals surface area contributed by atoms with Crippen LogP contribution in [0.2, 0.25) is 0 Å². The first-order chi connectivity index (χ1) is 15.5. The van der Waals surface area contributed by atoms with Gasteiger partial charge in [0.05, 0.1) is 13.0 Å². The van der Waals surface area contributed by atoms with E-state index in [0.717, 1.165) is 29.7 Å². The van der Waals surface area contributed by atoms with E-state index in [9.17, 15) is 9.59 Å². The molecule has 2 aromatic carbocycles. The van der Waals surface area contributed by atoms with Crippen LogP contribution in [-0.4, -0.2) is 46.9 Å². The van der Waals surface area contributed by atoms with Gasteiger partial charge in [0.1, 0.15) is 5.75 Å². The number of likely N-dealkylation sites (tertiary alicyclic amines) is 1. The fourth-order valence-corrected chi connectivity index (χ4v) is 3.76. The molecule has 1 aliphatic heterocycles. The van der Waals surface area contributed by atoms with Crippen LogP contribution >= 0.6 is 0 Å². The number of piperidine rings is 1.